The van der Waals surface area contributed by atoms with Crippen LogP contribution in [0.1, 0.15) is 45.6 Å². The van der Waals surface area contributed by atoms with Gasteiger partial charge in [-0.1, -0.05) is 55.3 Å². The number of hydrogen-bond donors (Lipinski definition) is 0. The van der Waals surface area contributed by atoms with Gasteiger partial charge in [0.15, 0.2) is 0 Å². The predicted molar refractivity (Wildman–Crippen MR) is 70.5 cm³/mol. The molecule has 86 valence electrons. The van der Waals surface area contributed by atoms with Crippen LogP contribution in [-0.4, -0.2) is 0 Å². The van der Waals surface area contributed by atoms with Crippen molar-refractivity contribution in [2.45, 2.75) is 40.0 Å². The minimum Gasteiger partial charge on any atom is -0.0735 e. The third-order valence-corrected chi connectivity index (χ3v) is 4.08. The molecule has 0 nitrogen and oxygen atoms in total. The van der Waals surface area contributed by atoms with Crippen molar-refractivity contribution in [3.05, 3.63) is 47.0 Å². The fraction of sp³-hybridized carbons (Fsp3) is 0.500. The van der Waals surface area contributed by atoms with E-state index >= 15 is 0 Å². The zero-order chi connectivity index (χ0) is 11.7. The molecular formula is C16H22. The van der Waals surface area contributed by atoms with E-state index in [0.29, 0.717) is 5.92 Å². The fourth-order valence-corrected chi connectivity index (χ4v) is 3.19. The van der Waals surface area contributed by atoms with E-state index in [2.05, 4.69) is 58.0 Å². The van der Waals surface area contributed by atoms with Gasteiger partial charge in [-0.15, -0.1) is 0 Å². The summed E-state index contributed by atoms with van der Waals surface area (Å²) in [6, 6.07) is 11.0. The summed E-state index contributed by atoms with van der Waals surface area (Å²) in [6.07, 6.45) is 1.25. The van der Waals surface area contributed by atoms with Gasteiger partial charge in [0.1, 0.15) is 0 Å². The Morgan fingerprint density at radius 2 is 1.69 bits per heavy atom. The van der Waals surface area contributed by atoms with E-state index in [4.69, 9.17) is 0 Å². The monoisotopic (exact) mass is 214 g/mol. The highest BCUT2D eigenvalue weighted by Crippen LogP contribution is 2.46. The molecule has 1 aliphatic carbocycles. The molecule has 0 aromatic heterocycles. The van der Waals surface area contributed by atoms with Gasteiger partial charge in [-0.3, -0.25) is 0 Å². The zero-order valence-electron chi connectivity index (χ0n) is 10.8. The Labute approximate surface area is 99.4 Å². The van der Waals surface area contributed by atoms with Crippen molar-refractivity contribution in [3.8, 4) is 0 Å². The van der Waals surface area contributed by atoms with Crippen LogP contribution < -0.4 is 0 Å². The van der Waals surface area contributed by atoms with Crippen molar-refractivity contribution in [2.24, 2.45) is 11.8 Å². The van der Waals surface area contributed by atoms with E-state index in [1.165, 1.54) is 12.0 Å². The minimum atomic E-state index is 0.709. The Hall–Kier alpha value is -1.04. The van der Waals surface area contributed by atoms with Crippen molar-refractivity contribution in [2.75, 3.05) is 0 Å². The van der Waals surface area contributed by atoms with Crippen LogP contribution in [0.25, 0.3) is 0 Å². The molecule has 0 fully saturated rings. The topological polar surface area (TPSA) is 0 Å². The van der Waals surface area contributed by atoms with E-state index < -0.39 is 0 Å². The number of allylic oxidation sites excluding steroid dienone is 2. The second-order valence-electron chi connectivity index (χ2n) is 5.45. The summed E-state index contributed by atoms with van der Waals surface area (Å²) < 4.78 is 0. The molecule has 0 saturated carbocycles. The lowest BCUT2D eigenvalue weighted by atomic mass is 9.79. The Balaban J connectivity index is 2.31. The average molecular weight is 214 g/mol. The van der Waals surface area contributed by atoms with Crippen molar-refractivity contribution < 1.29 is 0 Å². The first-order valence-corrected chi connectivity index (χ1v) is 6.32. The lowest BCUT2D eigenvalue weighted by Crippen LogP contribution is -2.15. The minimum absolute atomic E-state index is 0.709. The Morgan fingerprint density at radius 3 is 2.25 bits per heavy atom. The second kappa shape index (κ2) is 4.45. The lowest BCUT2D eigenvalue weighted by molar-refractivity contribution is 0.392. The van der Waals surface area contributed by atoms with Gasteiger partial charge >= 0.3 is 0 Å². The van der Waals surface area contributed by atoms with Crippen LogP contribution in [0.5, 0.6) is 0 Å². The maximum atomic E-state index is 2.35. The summed E-state index contributed by atoms with van der Waals surface area (Å²) in [5.41, 5.74) is 4.74. The second-order valence-corrected chi connectivity index (χ2v) is 5.45. The Bertz CT molecular complexity index is 384. The first-order chi connectivity index (χ1) is 7.61. The number of benzene rings is 1. The molecule has 0 heterocycles. The normalized spacial score (nSPS) is 25.6. The third kappa shape index (κ3) is 1.93. The number of hydrogen-bond acceptors (Lipinski definition) is 0. The summed E-state index contributed by atoms with van der Waals surface area (Å²) in [5, 5.41) is 0. The molecular weight excluding hydrogens is 192 g/mol. The molecule has 0 aliphatic heterocycles. The standard InChI is InChI=1S/C16H22/c1-11(2)16-13(4)12(3)10-15(16)14-8-6-5-7-9-14/h5-9,11,15-16H,10H2,1-4H3. The highest BCUT2D eigenvalue weighted by molar-refractivity contribution is 5.32. The van der Waals surface area contributed by atoms with Crippen LogP contribution in [-0.2, 0) is 0 Å². The SMILES string of the molecule is CC1=C(C)C(C(C)C)C(c2ccccc2)C1. The van der Waals surface area contributed by atoms with E-state index in [1.54, 1.807) is 11.1 Å². The van der Waals surface area contributed by atoms with E-state index in [9.17, 15) is 0 Å². The van der Waals surface area contributed by atoms with Gasteiger partial charge in [0.25, 0.3) is 0 Å². The highest BCUT2D eigenvalue weighted by Gasteiger charge is 2.33. The van der Waals surface area contributed by atoms with Gasteiger partial charge in [0.05, 0.1) is 0 Å². The molecule has 0 N–H and O–H groups in total. The van der Waals surface area contributed by atoms with Crippen LogP contribution >= 0.6 is 0 Å². The average Bonchev–Trinajstić information content (AvgIpc) is 2.57. The largest absolute Gasteiger partial charge is 0.0735 e. The van der Waals surface area contributed by atoms with Crippen molar-refractivity contribution in [3.63, 3.8) is 0 Å². The van der Waals surface area contributed by atoms with E-state index in [1.807, 2.05) is 0 Å². The molecule has 2 atom stereocenters. The maximum Gasteiger partial charge on any atom is -0.00567 e. The van der Waals surface area contributed by atoms with Crippen LogP contribution in [0.3, 0.4) is 0 Å². The van der Waals surface area contributed by atoms with Crippen molar-refractivity contribution in [1.29, 1.82) is 0 Å². The Morgan fingerprint density at radius 1 is 1.06 bits per heavy atom. The maximum absolute atomic E-state index is 2.35. The van der Waals surface area contributed by atoms with Crippen LogP contribution in [0.2, 0.25) is 0 Å². The summed E-state index contributed by atoms with van der Waals surface area (Å²) >= 11 is 0. The van der Waals surface area contributed by atoms with Crippen LogP contribution in [0.15, 0.2) is 41.5 Å². The first kappa shape index (κ1) is 11.4. The molecule has 1 aromatic rings. The van der Waals surface area contributed by atoms with Crippen LogP contribution in [0.4, 0.5) is 0 Å². The fourth-order valence-electron chi connectivity index (χ4n) is 3.19. The number of rotatable bonds is 2. The zero-order valence-corrected chi connectivity index (χ0v) is 10.8. The molecule has 0 saturated heterocycles. The van der Waals surface area contributed by atoms with Crippen molar-refractivity contribution in [1.82, 2.24) is 0 Å². The van der Waals surface area contributed by atoms with Crippen LogP contribution in [0, 0.1) is 11.8 Å². The van der Waals surface area contributed by atoms with Gasteiger partial charge in [0.2, 0.25) is 0 Å². The smallest absolute Gasteiger partial charge is 0.00567 e. The van der Waals surface area contributed by atoms with Gasteiger partial charge in [0, 0.05) is 0 Å². The molecule has 2 rings (SSSR count). The molecule has 1 aliphatic rings. The molecule has 0 bridgehead atoms. The molecule has 1 aromatic carbocycles. The summed E-state index contributed by atoms with van der Waals surface area (Å²) in [5.74, 6) is 2.19. The van der Waals surface area contributed by atoms with Gasteiger partial charge in [-0.2, -0.15) is 0 Å². The first-order valence-electron chi connectivity index (χ1n) is 6.32. The third-order valence-electron chi connectivity index (χ3n) is 4.08. The quantitative estimate of drug-likeness (QED) is 0.621. The molecule has 0 spiro atoms. The van der Waals surface area contributed by atoms with Gasteiger partial charge in [-0.25, -0.2) is 0 Å². The summed E-state index contributed by atoms with van der Waals surface area (Å²) in [6.45, 7) is 9.32. The molecule has 2 unspecified atom stereocenters. The molecule has 16 heavy (non-hydrogen) atoms. The molecule has 0 radical (unpaired) electrons. The van der Waals surface area contributed by atoms with Gasteiger partial charge in [-0.05, 0) is 43.6 Å². The summed E-state index contributed by atoms with van der Waals surface area (Å²) in [7, 11) is 0. The molecule has 0 heteroatoms. The van der Waals surface area contributed by atoms with Crippen molar-refractivity contribution >= 4 is 0 Å². The Kier molecular flexibility index (Phi) is 3.18. The highest BCUT2D eigenvalue weighted by atomic mass is 14.4. The van der Waals surface area contributed by atoms with Gasteiger partial charge < -0.3 is 0 Å². The van der Waals surface area contributed by atoms with E-state index in [0.717, 1.165) is 11.8 Å². The predicted octanol–water partition coefficient (Wildman–Crippen LogP) is 4.78. The lowest BCUT2D eigenvalue weighted by Gasteiger charge is -2.25. The summed E-state index contributed by atoms with van der Waals surface area (Å²) in [4.78, 5) is 0. The van der Waals surface area contributed by atoms with E-state index in [-0.39, 0.29) is 0 Å². The molecule has 0 amide bonds.